The van der Waals surface area contributed by atoms with Crippen LogP contribution in [0.3, 0.4) is 0 Å². The van der Waals surface area contributed by atoms with Gasteiger partial charge in [0.05, 0.1) is 26.8 Å². The Balaban J connectivity index is 1.81. The molecule has 0 aliphatic rings. The minimum atomic E-state index is 0.440. The molecule has 2 aromatic carbocycles. The van der Waals surface area contributed by atoms with Crippen LogP contribution in [0.5, 0.6) is 0 Å². The summed E-state index contributed by atoms with van der Waals surface area (Å²) in [5, 5.41) is 9.16. The maximum atomic E-state index is 6.14. The lowest BCUT2D eigenvalue weighted by molar-refractivity contribution is 0.963. The molecule has 0 amide bonds. The second-order valence-electron chi connectivity index (χ2n) is 5.72. The van der Waals surface area contributed by atoms with Crippen LogP contribution in [0.2, 0.25) is 10.0 Å². The van der Waals surface area contributed by atoms with Gasteiger partial charge in [0.25, 0.3) is 0 Å². The number of rotatable bonds is 4. The van der Waals surface area contributed by atoms with Gasteiger partial charge in [-0.1, -0.05) is 59.6 Å². The topological polar surface area (TPSA) is 67.3 Å². The predicted octanol–water partition coefficient (Wildman–Crippen LogP) is 5.68. The molecular weight excluding hydrogens is 401 g/mol. The van der Waals surface area contributed by atoms with Crippen molar-refractivity contribution in [2.45, 2.75) is 17.1 Å². The van der Waals surface area contributed by atoms with Gasteiger partial charge in [0.1, 0.15) is 10.9 Å². The Bertz CT molecular complexity index is 1140. The molecule has 0 aliphatic carbocycles. The van der Waals surface area contributed by atoms with E-state index in [0.717, 1.165) is 11.4 Å². The first-order valence-electron chi connectivity index (χ1n) is 8.05. The summed E-state index contributed by atoms with van der Waals surface area (Å²) in [6, 6.07) is 13.4. The van der Waals surface area contributed by atoms with Crippen molar-refractivity contribution in [2.24, 2.45) is 0 Å². The number of hydrogen-bond donors (Lipinski definition) is 1. The molecule has 0 saturated carbocycles. The Kier molecular flexibility index (Phi) is 5.11. The second kappa shape index (κ2) is 7.68. The Hall–Kier alpha value is -2.41. The molecule has 4 aromatic rings. The smallest absolute Gasteiger partial charge is 0.214 e. The summed E-state index contributed by atoms with van der Waals surface area (Å²) in [4.78, 5) is 13.8. The molecule has 2 heterocycles. The first-order chi connectivity index (χ1) is 13.1. The lowest BCUT2D eigenvalue weighted by atomic mass is 10.2. The van der Waals surface area contributed by atoms with E-state index >= 15 is 0 Å². The third-order valence-corrected chi connectivity index (χ3v) is 5.28. The van der Waals surface area contributed by atoms with E-state index in [4.69, 9.17) is 33.2 Å². The molecule has 4 rings (SSSR count). The Morgan fingerprint density at radius 2 is 1.63 bits per heavy atom. The summed E-state index contributed by atoms with van der Waals surface area (Å²) in [5.74, 6) is 0.738. The number of hydrogen-bond acceptors (Lipinski definition) is 5. The van der Waals surface area contributed by atoms with E-state index in [1.165, 1.54) is 11.8 Å². The van der Waals surface area contributed by atoms with Crippen molar-refractivity contribution in [3.8, 4) is 0 Å². The fourth-order valence-corrected chi connectivity index (χ4v) is 3.55. The minimum absolute atomic E-state index is 0.440. The summed E-state index contributed by atoms with van der Waals surface area (Å²) in [6.45, 7) is 1.85. The summed E-state index contributed by atoms with van der Waals surface area (Å²) in [6.07, 6.45) is 3.91. The van der Waals surface area contributed by atoms with Crippen molar-refractivity contribution in [3.63, 3.8) is 0 Å². The van der Waals surface area contributed by atoms with Crippen LogP contribution in [0.25, 0.3) is 23.2 Å². The molecule has 5 nitrogen and oxygen atoms in total. The van der Waals surface area contributed by atoms with Gasteiger partial charge in [-0.25, -0.2) is 15.0 Å². The number of H-pyrrole nitrogens is 1. The molecule has 27 heavy (non-hydrogen) atoms. The Morgan fingerprint density at radius 3 is 2.30 bits per heavy atom. The third kappa shape index (κ3) is 4.13. The van der Waals surface area contributed by atoms with Gasteiger partial charge < -0.3 is 0 Å². The van der Waals surface area contributed by atoms with Crippen molar-refractivity contribution in [1.82, 2.24) is 25.1 Å². The highest BCUT2D eigenvalue weighted by Gasteiger charge is 2.13. The van der Waals surface area contributed by atoms with Crippen LogP contribution >= 0.6 is 35.0 Å². The van der Waals surface area contributed by atoms with Gasteiger partial charge in [-0.05, 0) is 42.5 Å². The lowest BCUT2D eigenvalue weighted by Gasteiger charge is -2.06. The molecule has 0 bridgehead atoms. The van der Waals surface area contributed by atoms with E-state index in [2.05, 4.69) is 15.2 Å². The first kappa shape index (κ1) is 18.0. The molecule has 8 heteroatoms. The Labute approximate surface area is 169 Å². The molecule has 1 N–H and O–H groups in total. The lowest BCUT2D eigenvalue weighted by Crippen LogP contribution is -1.94. The minimum Gasteiger partial charge on any atom is -0.262 e. The fourth-order valence-electron chi connectivity index (χ4n) is 2.43. The maximum Gasteiger partial charge on any atom is 0.214 e. The molecule has 0 spiro atoms. The van der Waals surface area contributed by atoms with Gasteiger partial charge in [-0.15, -0.1) is 5.10 Å². The highest BCUT2D eigenvalue weighted by atomic mass is 35.5. The van der Waals surface area contributed by atoms with Crippen LogP contribution in [-0.4, -0.2) is 25.1 Å². The third-order valence-electron chi connectivity index (χ3n) is 3.70. The quantitative estimate of drug-likeness (QED) is 0.465. The van der Waals surface area contributed by atoms with E-state index in [1.54, 1.807) is 12.1 Å². The average Bonchev–Trinajstić information content (AvgIpc) is 3.07. The molecule has 2 aromatic heterocycles. The summed E-state index contributed by atoms with van der Waals surface area (Å²) in [7, 11) is 0. The van der Waals surface area contributed by atoms with Crippen molar-refractivity contribution in [1.29, 1.82) is 0 Å². The number of fused-ring (bicyclic) bond motifs is 1. The molecule has 0 unspecified atom stereocenters. The van der Waals surface area contributed by atoms with Crippen molar-refractivity contribution in [2.75, 3.05) is 0 Å². The van der Waals surface area contributed by atoms with Crippen LogP contribution in [0.1, 0.15) is 17.1 Å². The average molecular weight is 414 g/mol. The number of nitrogens with zero attached hydrogens (tertiary/aromatic N) is 4. The number of aromatic nitrogens is 5. The number of aromatic amines is 1. The molecule has 134 valence electrons. The highest BCUT2D eigenvalue weighted by molar-refractivity contribution is 7.99. The Morgan fingerprint density at radius 1 is 0.926 bits per heavy atom. The standard InChI is InChI=1S/C19H13Cl2N5S/c1-11-22-19(26-25-11)27-18-15(8-7-12-5-3-2-4-6-12)23-16-9-13(20)14(21)10-17(16)24-18/h2-10H,1H3,(H,22,25,26). The molecule has 0 aliphatic heterocycles. The van der Waals surface area contributed by atoms with Crippen LogP contribution in [0, 0.1) is 6.92 Å². The summed E-state index contributed by atoms with van der Waals surface area (Å²) >= 11 is 13.6. The van der Waals surface area contributed by atoms with Gasteiger partial charge in [0.15, 0.2) is 0 Å². The van der Waals surface area contributed by atoms with Gasteiger partial charge >= 0.3 is 0 Å². The monoisotopic (exact) mass is 413 g/mol. The molecule has 0 atom stereocenters. The largest absolute Gasteiger partial charge is 0.262 e. The normalized spacial score (nSPS) is 11.5. The zero-order valence-electron chi connectivity index (χ0n) is 14.1. The van der Waals surface area contributed by atoms with Crippen LogP contribution in [-0.2, 0) is 0 Å². The second-order valence-corrected chi connectivity index (χ2v) is 7.49. The van der Waals surface area contributed by atoms with Gasteiger partial charge in [0.2, 0.25) is 5.16 Å². The summed E-state index contributed by atoms with van der Waals surface area (Å²) < 4.78 is 0. The van der Waals surface area contributed by atoms with Gasteiger partial charge in [-0.3, -0.25) is 5.10 Å². The molecule has 0 fully saturated rings. The highest BCUT2D eigenvalue weighted by Crippen LogP contribution is 2.31. The molecule has 0 saturated heterocycles. The van der Waals surface area contributed by atoms with Crippen LogP contribution < -0.4 is 0 Å². The van der Waals surface area contributed by atoms with Gasteiger partial charge in [0, 0.05) is 0 Å². The number of aryl methyl sites for hydroxylation is 1. The predicted molar refractivity (Wildman–Crippen MR) is 110 cm³/mol. The van der Waals surface area contributed by atoms with Crippen LogP contribution in [0.15, 0.2) is 52.6 Å². The molecular formula is C19H13Cl2N5S. The van der Waals surface area contributed by atoms with Crippen molar-refractivity contribution >= 4 is 58.1 Å². The zero-order chi connectivity index (χ0) is 18.8. The van der Waals surface area contributed by atoms with E-state index in [-0.39, 0.29) is 0 Å². The van der Waals surface area contributed by atoms with E-state index in [9.17, 15) is 0 Å². The first-order valence-corrected chi connectivity index (χ1v) is 9.62. The maximum absolute atomic E-state index is 6.14. The van der Waals surface area contributed by atoms with Crippen molar-refractivity contribution < 1.29 is 0 Å². The fraction of sp³-hybridized carbons (Fsp3) is 0.0526. The van der Waals surface area contributed by atoms with E-state index < -0.39 is 0 Å². The van der Waals surface area contributed by atoms with E-state index in [1.807, 2.05) is 49.4 Å². The number of nitrogens with one attached hydrogen (secondary N) is 1. The van der Waals surface area contributed by atoms with E-state index in [0.29, 0.717) is 37.0 Å². The zero-order valence-corrected chi connectivity index (χ0v) is 16.5. The van der Waals surface area contributed by atoms with Gasteiger partial charge in [-0.2, -0.15) is 0 Å². The van der Waals surface area contributed by atoms with Crippen LogP contribution in [0.4, 0.5) is 0 Å². The summed E-state index contributed by atoms with van der Waals surface area (Å²) in [5.41, 5.74) is 3.11. The van der Waals surface area contributed by atoms with Crippen molar-refractivity contribution in [3.05, 3.63) is 69.6 Å². The number of halogens is 2. The molecule has 0 radical (unpaired) electrons. The number of benzene rings is 2. The SMILES string of the molecule is Cc1nc(Sc2nc3cc(Cl)c(Cl)cc3nc2C=Cc2ccccc2)n[nH]1.